The van der Waals surface area contributed by atoms with Gasteiger partial charge in [-0.1, -0.05) is 94.1 Å². The van der Waals surface area contributed by atoms with E-state index in [1.54, 1.807) is 47.0 Å². The maximum absolute atomic E-state index is 9.61. The smallest absolute Gasteiger partial charge is 0.101 e. The molecule has 0 aliphatic carbocycles. The van der Waals surface area contributed by atoms with E-state index in [2.05, 4.69) is 52.0 Å². The predicted molar refractivity (Wildman–Crippen MR) is 141 cm³/mol. The van der Waals surface area contributed by atoms with Gasteiger partial charge in [-0.3, -0.25) is 0 Å². The largest absolute Gasteiger partial charge is 0.192 e. The van der Waals surface area contributed by atoms with Crippen molar-refractivity contribution in [3.05, 3.63) is 68.8 Å². The van der Waals surface area contributed by atoms with E-state index in [9.17, 15) is 5.26 Å². The van der Waals surface area contributed by atoms with Gasteiger partial charge in [-0.15, -0.1) is 0 Å². The molecule has 0 aromatic carbocycles. The molecule has 28 heavy (non-hydrogen) atoms. The van der Waals surface area contributed by atoms with Crippen LogP contribution in [0.4, 0.5) is 0 Å². The Morgan fingerprint density at radius 1 is 0.643 bits per heavy atom. The molecule has 4 heterocycles. The number of thioether (sulfide) groups is 8. The predicted octanol–water partition coefficient (Wildman–Crippen LogP) is 9.80. The molecule has 0 fully saturated rings. The first-order chi connectivity index (χ1) is 13.4. The Kier molecular flexibility index (Phi) is 7.21. The van der Waals surface area contributed by atoms with Gasteiger partial charge < -0.3 is 0 Å². The molecule has 0 amide bonds. The monoisotopic (exact) mass is 513 g/mol. The van der Waals surface area contributed by atoms with E-state index in [1.807, 2.05) is 47.0 Å². The van der Waals surface area contributed by atoms with Crippen molar-refractivity contribution >= 4 is 94.1 Å². The standard InChI is InChI=1S/C19H15NS8/c1-9-10(2)22-14(21-9)5-6-15-25-18-19(26-15)28-16(27-18)7-13(8-20)17-23-11(3)12(4)24-17/h5-7H,1-4H3. The molecule has 1 nitrogen and oxygen atoms in total. The summed E-state index contributed by atoms with van der Waals surface area (Å²) in [4.78, 5) is 5.41. The topological polar surface area (TPSA) is 23.8 Å². The lowest BCUT2D eigenvalue weighted by Crippen LogP contribution is -1.77. The third-order valence-electron chi connectivity index (χ3n) is 3.89. The molecular weight excluding hydrogens is 499 g/mol. The maximum atomic E-state index is 9.61. The van der Waals surface area contributed by atoms with Crippen molar-refractivity contribution < 1.29 is 0 Å². The summed E-state index contributed by atoms with van der Waals surface area (Å²) in [5.41, 5.74) is 0.784. The van der Waals surface area contributed by atoms with Crippen LogP contribution in [-0.4, -0.2) is 0 Å². The van der Waals surface area contributed by atoms with Crippen LogP contribution < -0.4 is 0 Å². The summed E-state index contributed by atoms with van der Waals surface area (Å²) in [5.74, 6) is 0. The van der Waals surface area contributed by atoms with Crippen molar-refractivity contribution in [1.82, 2.24) is 0 Å². The third-order valence-corrected chi connectivity index (χ3v) is 14.5. The Morgan fingerprint density at radius 2 is 1.07 bits per heavy atom. The number of nitriles is 1. The highest BCUT2D eigenvalue weighted by atomic mass is 32.3. The highest BCUT2D eigenvalue weighted by Gasteiger charge is 2.30. The SMILES string of the molecule is CC1=C(C)SC(=CC=C2SC3=C(S2)SC(=CC(C#N)=C2SC(C)=C(C)S2)S3)S1. The average molecular weight is 514 g/mol. The Morgan fingerprint density at radius 3 is 1.57 bits per heavy atom. The molecule has 0 aromatic rings. The molecule has 9 heteroatoms. The second kappa shape index (κ2) is 9.31. The Balaban J connectivity index is 1.39. The van der Waals surface area contributed by atoms with Gasteiger partial charge in [0.1, 0.15) is 6.07 Å². The van der Waals surface area contributed by atoms with Crippen molar-refractivity contribution in [2.24, 2.45) is 0 Å². The second-order valence-electron chi connectivity index (χ2n) is 5.86. The fourth-order valence-corrected chi connectivity index (χ4v) is 13.1. The fraction of sp³-hybridized carbons (Fsp3) is 0.211. The normalized spacial score (nSPS) is 21.8. The number of hydrogen-bond acceptors (Lipinski definition) is 9. The summed E-state index contributed by atoms with van der Waals surface area (Å²) in [6.07, 6.45) is 6.54. The van der Waals surface area contributed by atoms with E-state index >= 15 is 0 Å². The zero-order valence-electron chi connectivity index (χ0n) is 15.4. The zero-order chi connectivity index (χ0) is 19.8. The highest BCUT2D eigenvalue weighted by molar-refractivity contribution is 8.48. The van der Waals surface area contributed by atoms with Gasteiger partial charge in [-0.05, 0) is 65.5 Å². The van der Waals surface area contributed by atoms with Crippen molar-refractivity contribution in [2.75, 3.05) is 0 Å². The van der Waals surface area contributed by atoms with E-state index in [0.29, 0.717) is 0 Å². The Labute approximate surface area is 200 Å². The van der Waals surface area contributed by atoms with Crippen molar-refractivity contribution in [1.29, 1.82) is 5.26 Å². The molecule has 0 bridgehead atoms. The molecule has 144 valence electrons. The molecular formula is C19H15NS8. The first-order valence-corrected chi connectivity index (χ1v) is 14.8. The third kappa shape index (κ3) is 4.86. The first kappa shape index (κ1) is 21.7. The van der Waals surface area contributed by atoms with E-state index in [-0.39, 0.29) is 0 Å². The summed E-state index contributed by atoms with van der Waals surface area (Å²) in [6.45, 7) is 8.61. The molecule has 4 aliphatic rings. The Bertz CT molecular complexity index is 959. The van der Waals surface area contributed by atoms with Gasteiger partial charge in [0.05, 0.1) is 26.8 Å². The summed E-state index contributed by atoms with van der Waals surface area (Å²) >= 11 is 14.5. The minimum atomic E-state index is 0.784. The van der Waals surface area contributed by atoms with Crippen LogP contribution in [0.3, 0.4) is 0 Å². The van der Waals surface area contributed by atoms with Crippen LogP contribution in [0.2, 0.25) is 0 Å². The van der Waals surface area contributed by atoms with Crippen LogP contribution >= 0.6 is 94.1 Å². The second-order valence-corrected chi connectivity index (χ2v) is 16.6. The van der Waals surface area contributed by atoms with Gasteiger partial charge in [0.25, 0.3) is 0 Å². The molecule has 0 aromatic heterocycles. The van der Waals surface area contributed by atoms with Crippen LogP contribution in [0, 0.1) is 11.3 Å². The lowest BCUT2D eigenvalue weighted by molar-refractivity contribution is 1.50. The van der Waals surface area contributed by atoms with E-state index < -0.39 is 0 Å². The molecule has 0 spiro atoms. The van der Waals surface area contributed by atoms with Gasteiger partial charge >= 0.3 is 0 Å². The number of nitrogens with zero attached hydrogens (tertiary/aromatic N) is 1. The molecule has 0 atom stereocenters. The number of rotatable bonds is 2. The van der Waals surface area contributed by atoms with Crippen molar-refractivity contribution in [2.45, 2.75) is 27.7 Å². The van der Waals surface area contributed by atoms with Crippen molar-refractivity contribution in [3.63, 3.8) is 0 Å². The summed E-state index contributed by atoms with van der Waals surface area (Å²) < 4.78 is 7.69. The molecule has 4 aliphatic heterocycles. The maximum Gasteiger partial charge on any atom is 0.101 e. The fourth-order valence-electron chi connectivity index (χ4n) is 2.22. The minimum Gasteiger partial charge on any atom is -0.192 e. The molecule has 0 saturated heterocycles. The zero-order valence-corrected chi connectivity index (χ0v) is 22.0. The van der Waals surface area contributed by atoms with Crippen LogP contribution in [0.15, 0.2) is 68.8 Å². The average Bonchev–Trinajstić information content (AvgIpc) is 3.36. The highest BCUT2D eigenvalue weighted by Crippen LogP contribution is 2.67. The molecule has 0 saturated carbocycles. The quantitative estimate of drug-likeness (QED) is 0.334. The van der Waals surface area contributed by atoms with Crippen LogP contribution in [-0.2, 0) is 0 Å². The lowest BCUT2D eigenvalue weighted by atomic mass is 10.3. The first-order valence-electron chi connectivity index (χ1n) is 8.23. The van der Waals surface area contributed by atoms with Crippen LogP contribution in [0.1, 0.15) is 27.7 Å². The molecule has 0 unspecified atom stereocenters. The molecule has 0 N–H and O–H groups in total. The summed E-state index contributed by atoms with van der Waals surface area (Å²) in [5, 5.41) is 9.61. The van der Waals surface area contributed by atoms with Crippen LogP contribution in [0.25, 0.3) is 0 Å². The van der Waals surface area contributed by atoms with E-state index in [4.69, 9.17) is 0 Å². The molecule has 4 rings (SSSR count). The summed E-state index contributed by atoms with van der Waals surface area (Å²) in [6, 6.07) is 2.39. The van der Waals surface area contributed by atoms with Gasteiger partial charge in [0.15, 0.2) is 0 Å². The van der Waals surface area contributed by atoms with Gasteiger partial charge in [0, 0.05) is 4.24 Å². The van der Waals surface area contributed by atoms with Gasteiger partial charge in [0.2, 0.25) is 0 Å². The summed E-state index contributed by atoms with van der Waals surface area (Å²) in [7, 11) is 0. The number of hydrogen-bond donors (Lipinski definition) is 0. The van der Waals surface area contributed by atoms with E-state index in [1.165, 1.54) is 40.8 Å². The van der Waals surface area contributed by atoms with Gasteiger partial charge in [-0.25, -0.2) is 0 Å². The number of allylic oxidation sites excluding steroid dienone is 8. The minimum absolute atomic E-state index is 0.784. The Hall–Kier alpha value is 0.470. The van der Waals surface area contributed by atoms with Crippen LogP contribution in [0.5, 0.6) is 0 Å². The lowest BCUT2D eigenvalue weighted by Gasteiger charge is -2.03. The van der Waals surface area contributed by atoms with E-state index in [0.717, 1.165) is 9.81 Å². The van der Waals surface area contributed by atoms with Gasteiger partial charge in [-0.2, -0.15) is 5.26 Å². The molecule has 0 radical (unpaired) electrons. The van der Waals surface area contributed by atoms with Crippen molar-refractivity contribution in [3.8, 4) is 6.07 Å².